The van der Waals surface area contributed by atoms with Crippen molar-refractivity contribution in [2.45, 2.75) is 0 Å². The van der Waals surface area contributed by atoms with Gasteiger partial charge in [-0.25, -0.2) is 0 Å². The molecule has 3 N–H and O–H groups in total. The van der Waals surface area contributed by atoms with E-state index in [0.717, 1.165) is 0 Å². The zero-order valence-electron chi connectivity index (χ0n) is 10.9. The second-order valence-corrected chi connectivity index (χ2v) is 4.94. The van der Waals surface area contributed by atoms with Gasteiger partial charge in [-0.15, -0.1) is 0 Å². The number of ether oxygens (including phenoxy) is 1. The molecule has 7 heteroatoms. The lowest BCUT2D eigenvalue weighted by molar-refractivity contribution is 0.102. The first-order chi connectivity index (χ1) is 9.92. The standard InChI is InChI=1S/C14H11Cl2NO4/c1-21-12-3-2-7(4-11(12)18)14(20)17-8-5-9(15)13(19)10(16)6-8/h2-6,18-19H,1H3,(H,17,20). The monoisotopic (exact) mass is 327 g/mol. The van der Waals surface area contributed by atoms with Gasteiger partial charge in [0.2, 0.25) is 0 Å². The van der Waals surface area contributed by atoms with Gasteiger partial charge in [0, 0.05) is 11.3 Å². The van der Waals surface area contributed by atoms with Gasteiger partial charge < -0.3 is 20.3 Å². The van der Waals surface area contributed by atoms with Gasteiger partial charge in [0.1, 0.15) is 0 Å². The van der Waals surface area contributed by atoms with Crippen LogP contribution < -0.4 is 10.1 Å². The number of methoxy groups -OCH3 is 1. The third kappa shape index (κ3) is 3.32. The summed E-state index contributed by atoms with van der Waals surface area (Å²) in [5.41, 5.74) is 0.553. The Labute approximate surface area is 130 Å². The Hall–Kier alpha value is -2.11. The van der Waals surface area contributed by atoms with Crippen molar-refractivity contribution < 1.29 is 19.7 Å². The van der Waals surface area contributed by atoms with Crippen LogP contribution in [-0.2, 0) is 0 Å². The van der Waals surface area contributed by atoms with Gasteiger partial charge in [-0.2, -0.15) is 0 Å². The van der Waals surface area contributed by atoms with Crippen LogP contribution in [0.25, 0.3) is 0 Å². The molecule has 0 radical (unpaired) electrons. The normalized spacial score (nSPS) is 10.2. The van der Waals surface area contributed by atoms with Gasteiger partial charge >= 0.3 is 0 Å². The number of halogens is 2. The number of carbonyl (C=O) groups is 1. The van der Waals surface area contributed by atoms with E-state index in [0.29, 0.717) is 5.69 Å². The second kappa shape index (κ2) is 6.11. The van der Waals surface area contributed by atoms with E-state index in [2.05, 4.69) is 5.32 Å². The Bertz CT molecular complexity index is 680. The molecule has 0 aliphatic heterocycles. The SMILES string of the molecule is COc1ccc(C(=O)Nc2cc(Cl)c(O)c(Cl)c2)cc1O. The fraction of sp³-hybridized carbons (Fsp3) is 0.0714. The maximum absolute atomic E-state index is 12.1. The molecule has 0 aromatic heterocycles. The number of anilines is 1. The lowest BCUT2D eigenvalue weighted by Gasteiger charge is -2.09. The fourth-order valence-corrected chi connectivity index (χ4v) is 2.16. The van der Waals surface area contributed by atoms with Crippen molar-refractivity contribution in [1.82, 2.24) is 0 Å². The van der Waals surface area contributed by atoms with Gasteiger partial charge in [-0.3, -0.25) is 4.79 Å². The van der Waals surface area contributed by atoms with E-state index in [4.69, 9.17) is 27.9 Å². The third-order valence-electron chi connectivity index (χ3n) is 2.72. The molecule has 0 fully saturated rings. The Kier molecular flexibility index (Phi) is 4.45. The molecule has 5 nitrogen and oxygen atoms in total. The van der Waals surface area contributed by atoms with Gasteiger partial charge in [-0.1, -0.05) is 23.2 Å². The molecule has 0 unspecified atom stereocenters. The molecule has 0 aliphatic carbocycles. The van der Waals surface area contributed by atoms with Crippen LogP contribution in [0.4, 0.5) is 5.69 Å². The first-order valence-electron chi connectivity index (χ1n) is 5.78. The van der Waals surface area contributed by atoms with Crippen molar-refractivity contribution in [3.05, 3.63) is 45.9 Å². The molecule has 2 aromatic rings. The molecule has 0 heterocycles. The van der Waals surface area contributed by atoms with Gasteiger partial charge in [0.15, 0.2) is 17.2 Å². The van der Waals surface area contributed by atoms with Gasteiger partial charge in [-0.05, 0) is 30.3 Å². The van der Waals surface area contributed by atoms with Crippen molar-refractivity contribution in [3.63, 3.8) is 0 Å². The molecule has 0 saturated heterocycles. The van der Waals surface area contributed by atoms with Gasteiger partial charge in [0.25, 0.3) is 5.91 Å². The number of carbonyl (C=O) groups excluding carboxylic acids is 1. The quantitative estimate of drug-likeness (QED) is 0.751. The predicted octanol–water partition coefficient (Wildman–Crippen LogP) is 3.67. The highest BCUT2D eigenvalue weighted by Gasteiger charge is 2.12. The smallest absolute Gasteiger partial charge is 0.255 e. The van der Waals surface area contributed by atoms with E-state index in [1.165, 1.54) is 37.4 Å². The van der Waals surface area contributed by atoms with Crippen LogP contribution in [0.3, 0.4) is 0 Å². The van der Waals surface area contributed by atoms with E-state index in [9.17, 15) is 15.0 Å². The molecule has 21 heavy (non-hydrogen) atoms. The minimum absolute atomic E-state index is 0.0235. The number of nitrogens with one attached hydrogen (secondary N) is 1. The zero-order chi connectivity index (χ0) is 15.6. The number of benzene rings is 2. The summed E-state index contributed by atoms with van der Waals surface area (Å²) in [6.07, 6.45) is 0. The molecule has 0 spiro atoms. The molecule has 0 saturated carbocycles. The van der Waals surface area contributed by atoms with Crippen molar-refractivity contribution in [1.29, 1.82) is 0 Å². The minimum Gasteiger partial charge on any atom is -0.505 e. The van der Waals surface area contributed by atoms with Crippen molar-refractivity contribution in [2.75, 3.05) is 12.4 Å². The maximum Gasteiger partial charge on any atom is 0.255 e. The third-order valence-corrected chi connectivity index (χ3v) is 3.29. The van der Waals surface area contributed by atoms with Crippen molar-refractivity contribution >= 4 is 34.8 Å². The van der Waals surface area contributed by atoms with Gasteiger partial charge in [0.05, 0.1) is 17.2 Å². The molecule has 2 aromatic carbocycles. The first kappa shape index (κ1) is 15.3. The molecule has 0 atom stereocenters. The Balaban J connectivity index is 2.24. The number of aromatic hydroxyl groups is 2. The summed E-state index contributed by atoms with van der Waals surface area (Å²) in [6.45, 7) is 0. The summed E-state index contributed by atoms with van der Waals surface area (Å²) in [6, 6.07) is 6.98. The molecule has 0 bridgehead atoms. The predicted molar refractivity (Wildman–Crippen MR) is 80.7 cm³/mol. The highest BCUT2D eigenvalue weighted by Crippen LogP contribution is 2.35. The van der Waals surface area contributed by atoms with Crippen LogP contribution in [0.1, 0.15) is 10.4 Å². The van der Waals surface area contributed by atoms with Crippen LogP contribution in [0.15, 0.2) is 30.3 Å². The van der Waals surface area contributed by atoms with E-state index in [-0.39, 0.29) is 32.9 Å². The average molecular weight is 328 g/mol. The Morgan fingerprint density at radius 1 is 1.14 bits per heavy atom. The summed E-state index contributed by atoms with van der Waals surface area (Å²) in [7, 11) is 1.41. The van der Waals surface area contributed by atoms with E-state index in [1.807, 2.05) is 0 Å². The Morgan fingerprint density at radius 3 is 2.29 bits per heavy atom. The molecule has 1 amide bonds. The van der Waals surface area contributed by atoms with Crippen LogP contribution in [0, 0.1) is 0 Å². The number of rotatable bonds is 3. The van der Waals surface area contributed by atoms with E-state index >= 15 is 0 Å². The topological polar surface area (TPSA) is 78.8 Å². The lowest BCUT2D eigenvalue weighted by atomic mass is 10.2. The summed E-state index contributed by atoms with van der Waals surface area (Å²) in [5.74, 6) is -0.599. The minimum atomic E-state index is -0.467. The lowest BCUT2D eigenvalue weighted by Crippen LogP contribution is -2.11. The van der Waals surface area contributed by atoms with Crippen LogP contribution in [-0.4, -0.2) is 23.2 Å². The van der Waals surface area contributed by atoms with Crippen molar-refractivity contribution in [3.8, 4) is 17.2 Å². The summed E-state index contributed by atoms with van der Waals surface area (Å²) < 4.78 is 4.90. The van der Waals surface area contributed by atoms with E-state index in [1.54, 1.807) is 0 Å². The number of hydrogen-bond acceptors (Lipinski definition) is 4. The molecular formula is C14H11Cl2NO4. The summed E-state index contributed by atoms with van der Waals surface area (Å²) in [4.78, 5) is 12.1. The van der Waals surface area contributed by atoms with Crippen LogP contribution in [0.2, 0.25) is 10.0 Å². The molecular weight excluding hydrogens is 317 g/mol. The largest absolute Gasteiger partial charge is 0.505 e. The molecule has 110 valence electrons. The average Bonchev–Trinajstić information content (AvgIpc) is 2.44. The molecule has 0 aliphatic rings. The number of phenols is 2. The highest BCUT2D eigenvalue weighted by molar-refractivity contribution is 6.37. The Morgan fingerprint density at radius 2 is 1.76 bits per heavy atom. The number of hydrogen-bond donors (Lipinski definition) is 3. The fourth-order valence-electron chi connectivity index (χ4n) is 1.67. The van der Waals surface area contributed by atoms with Crippen molar-refractivity contribution in [2.24, 2.45) is 0 Å². The highest BCUT2D eigenvalue weighted by atomic mass is 35.5. The van der Waals surface area contributed by atoms with Crippen LogP contribution >= 0.6 is 23.2 Å². The maximum atomic E-state index is 12.1. The zero-order valence-corrected chi connectivity index (χ0v) is 12.4. The van der Waals surface area contributed by atoms with Crippen LogP contribution in [0.5, 0.6) is 17.2 Å². The molecule has 2 rings (SSSR count). The second-order valence-electron chi connectivity index (χ2n) is 4.13. The number of amides is 1. The summed E-state index contributed by atoms with van der Waals surface area (Å²) in [5, 5.41) is 21.7. The summed E-state index contributed by atoms with van der Waals surface area (Å²) >= 11 is 11.5. The first-order valence-corrected chi connectivity index (χ1v) is 6.54. The van der Waals surface area contributed by atoms with E-state index < -0.39 is 5.91 Å². The number of phenolic OH excluding ortho intramolecular Hbond substituents is 2.